The number of rotatable bonds is 1. The highest BCUT2D eigenvalue weighted by atomic mass is 79.9. The number of fused-ring (bicyclic) bond motifs is 2. The van der Waals surface area contributed by atoms with Gasteiger partial charge in [0.1, 0.15) is 5.82 Å². The first-order valence-electron chi connectivity index (χ1n) is 8.53. The molecule has 6 heteroatoms. The third-order valence-electron chi connectivity index (χ3n) is 5.16. The molecule has 0 amide bonds. The first-order valence-corrected chi connectivity index (χ1v) is 9.33. The lowest BCUT2D eigenvalue weighted by Crippen LogP contribution is -2.26. The minimum absolute atomic E-state index is 0.146. The Kier molecular flexibility index (Phi) is 3.57. The molecular weight excluding hydrogens is 401 g/mol. The number of carbonyl (C=O) groups is 1. The molecular formula is C20H15BrFNO3. The van der Waals surface area contributed by atoms with Gasteiger partial charge in [0.2, 0.25) is 6.79 Å². The lowest BCUT2D eigenvalue weighted by atomic mass is 9.75. The third-order valence-corrected chi connectivity index (χ3v) is 5.77. The highest BCUT2D eigenvalue weighted by Gasteiger charge is 2.36. The van der Waals surface area contributed by atoms with Gasteiger partial charge in [-0.25, -0.2) is 4.39 Å². The Morgan fingerprint density at radius 1 is 1.12 bits per heavy atom. The molecule has 0 aromatic heterocycles. The van der Waals surface area contributed by atoms with Crippen LogP contribution < -0.4 is 14.8 Å². The number of ketones is 1. The zero-order chi connectivity index (χ0) is 17.8. The van der Waals surface area contributed by atoms with E-state index < -0.39 is 0 Å². The number of carbonyl (C=O) groups excluding carboxylic acids is 1. The van der Waals surface area contributed by atoms with E-state index in [-0.39, 0.29) is 24.3 Å². The van der Waals surface area contributed by atoms with Crippen LogP contribution in [0, 0.1) is 5.82 Å². The molecule has 3 aliphatic rings. The Hall–Kier alpha value is -2.34. The van der Waals surface area contributed by atoms with E-state index in [4.69, 9.17) is 9.47 Å². The Balaban J connectivity index is 1.74. The molecule has 0 fully saturated rings. The van der Waals surface area contributed by atoms with Gasteiger partial charge < -0.3 is 14.8 Å². The molecule has 26 heavy (non-hydrogen) atoms. The van der Waals surface area contributed by atoms with Gasteiger partial charge in [-0.3, -0.25) is 4.79 Å². The van der Waals surface area contributed by atoms with Crippen molar-refractivity contribution >= 4 is 27.4 Å². The zero-order valence-corrected chi connectivity index (χ0v) is 15.4. The molecule has 2 aromatic carbocycles. The van der Waals surface area contributed by atoms with Crippen molar-refractivity contribution in [2.75, 3.05) is 12.1 Å². The Morgan fingerprint density at radius 2 is 1.92 bits per heavy atom. The monoisotopic (exact) mass is 415 g/mol. The molecule has 2 heterocycles. The third kappa shape index (κ3) is 2.35. The van der Waals surface area contributed by atoms with Gasteiger partial charge in [0.05, 0.1) is 4.47 Å². The van der Waals surface area contributed by atoms with Crippen molar-refractivity contribution < 1.29 is 18.7 Å². The van der Waals surface area contributed by atoms with Crippen LogP contribution in [0.25, 0.3) is 0 Å². The summed E-state index contributed by atoms with van der Waals surface area (Å²) in [6.45, 7) is 0.192. The predicted molar refractivity (Wildman–Crippen MR) is 98.0 cm³/mol. The SMILES string of the molecule is O=C1CCCC2=C1C(c1ccc(F)c(Br)c1)c1cc3c(cc1N2)OCO3. The first-order chi connectivity index (χ1) is 12.6. The molecule has 0 radical (unpaired) electrons. The van der Waals surface area contributed by atoms with E-state index in [1.54, 1.807) is 12.1 Å². The van der Waals surface area contributed by atoms with Gasteiger partial charge in [-0.15, -0.1) is 0 Å². The summed E-state index contributed by atoms with van der Waals surface area (Å²) in [7, 11) is 0. The molecule has 0 spiro atoms. The standard InChI is InChI=1S/C20H15BrFNO3/c21-12-6-10(4-5-13(12)22)19-11-7-17-18(26-9-25-17)8-15(11)23-14-2-1-3-16(24)20(14)19/h4-8,19,23H,1-3,9H2. The van der Waals surface area contributed by atoms with E-state index >= 15 is 0 Å². The van der Waals surface area contributed by atoms with Crippen LogP contribution in [-0.4, -0.2) is 12.6 Å². The number of hydrogen-bond acceptors (Lipinski definition) is 4. The van der Waals surface area contributed by atoms with Crippen molar-refractivity contribution in [3.63, 3.8) is 0 Å². The van der Waals surface area contributed by atoms with Crippen molar-refractivity contribution in [2.45, 2.75) is 25.2 Å². The summed E-state index contributed by atoms with van der Waals surface area (Å²) >= 11 is 3.27. The Bertz CT molecular complexity index is 985. The van der Waals surface area contributed by atoms with E-state index in [0.29, 0.717) is 22.4 Å². The molecule has 2 aromatic rings. The normalized spacial score (nSPS) is 20.5. The van der Waals surface area contributed by atoms with Crippen LogP contribution in [0.3, 0.4) is 0 Å². The first kappa shape index (κ1) is 15.9. The van der Waals surface area contributed by atoms with Crippen LogP contribution in [-0.2, 0) is 4.79 Å². The average Bonchev–Trinajstić information content (AvgIpc) is 3.08. The van der Waals surface area contributed by atoms with Crippen molar-refractivity contribution in [2.24, 2.45) is 0 Å². The van der Waals surface area contributed by atoms with Crippen LogP contribution in [0.2, 0.25) is 0 Å². The summed E-state index contributed by atoms with van der Waals surface area (Å²) in [6, 6.07) is 8.79. The minimum atomic E-state index is -0.322. The van der Waals surface area contributed by atoms with Gasteiger partial charge >= 0.3 is 0 Å². The molecule has 1 N–H and O–H groups in total. The van der Waals surface area contributed by atoms with Gasteiger partial charge in [0.15, 0.2) is 17.3 Å². The molecule has 0 saturated carbocycles. The number of allylic oxidation sites excluding steroid dienone is 2. The van der Waals surface area contributed by atoms with E-state index in [9.17, 15) is 9.18 Å². The number of nitrogens with one attached hydrogen (secondary N) is 1. The molecule has 0 saturated heterocycles. The summed E-state index contributed by atoms with van der Waals surface area (Å²) in [5.41, 5.74) is 4.47. The molecule has 1 unspecified atom stereocenters. The lowest BCUT2D eigenvalue weighted by molar-refractivity contribution is -0.116. The highest BCUT2D eigenvalue weighted by Crippen LogP contribution is 2.49. The summed E-state index contributed by atoms with van der Waals surface area (Å²) in [4.78, 5) is 12.8. The number of benzene rings is 2. The van der Waals surface area contributed by atoms with Crippen LogP contribution in [0.4, 0.5) is 10.1 Å². The maximum atomic E-state index is 13.8. The van der Waals surface area contributed by atoms with E-state index in [1.807, 2.05) is 12.1 Å². The van der Waals surface area contributed by atoms with Crippen molar-refractivity contribution in [3.05, 3.63) is 63.0 Å². The van der Waals surface area contributed by atoms with Crippen molar-refractivity contribution in [3.8, 4) is 11.5 Å². The largest absolute Gasteiger partial charge is 0.454 e. The quantitative estimate of drug-likeness (QED) is 0.720. The summed E-state index contributed by atoms with van der Waals surface area (Å²) in [6.07, 6.45) is 2.21. The molecule has 1 aliphatic carbocycles. The van der Waals surface area contributed by atoms with Crippen LogP contribution >= 0.6 is 15.9 Å². The number of Topliss-reactive ketones (excluding diaryl/α,β-unsaturated/α-hetero) is 1. The Labute approximate surface area is 158 Å². The summed E-state index contributed by atoms with van der Waals surface area (Å²) in [5, 5.41) is 3.42. The smallest absolute Gasteiger partial charge is 0.231 e. The molecule has 1 atom stereocenters. The second-order valence-electron chi connectivity index (χ2n) is 6.69. The summed E-state index contributed by atoms with van der Waals surface area (Å²) in [5.74, 6) is 0.941. The van der Waals surface area contributed by atoms with E-state index in [2.05, 4.69) is 21.2 Å². The van der Waals surface area contributed by atoms with Gasteiger partial charge in [-0.05, 0) is 58.1 Å². The van der Waals surface area contributed by atoms with Crippen LogP contribution in [0.1, 0.15) is 36.3 Å². The van der Waals surface area contributed by atoms with Gasteiger partial charge in [0, 0.05) is 35.4 Å². The number of ether oxygens (including phenoxy) is 2. The maximum absolute atomic E-state index is 13.8. The van der Waals surface area contributed by atoms with E-state index in [0.717, 1.165) is 40.9 Å². The van der Waals surface area contributed by atoms with Crippen molar-refractivity contribution in [1.29, 1.82) is 0 Å². The van der Waals surface area contributed by atoms with Gasteiger partial charge in [0.25, 0.3) is 0 Å². The fourth-order valence-electron chi connectivity index (χ4n) is 3.99. The fraction of sp³-hybridized carbons (Fsp3) is 0.250. The van der Waals surface area contributed by atoms with Crippen LogP contribution in [0.15, 0.2) is 46.1 Å². The highest BCUT2D eigenvalue weighted by molar-refractivity contribution is 9.10. The Morgan fingerprint density at radius 3 is 2.73 bits per heavy atom. The molecule has 4 nitrogen and oxygen atoms in total. The zero-order valence-electron chi connectivity index (χ0n) is 13.8. The fourth-order valence-corrected chi connectivity index (χ4v) is 4.39. The predicted octanol–water partition coefficient (Wildman–Crippen LogP) is 4.88. The maximum Gasteiger partial charge on any atom is 0.231 e. The average molecular weight is 416 g/mol. The number of anilines is 1. The van der Waals surface area contributed by atoms with Crippen LogP contribution in [0.5, 0.6) is 11.5 Å². The molecule has 0 bridgehead atoms. The van der Waals surface area contributed by atoms with Gasteiger partial charge in [-0.1, -0.05) is 6.07 Å². The second-order valence-corrected chi connectivity index (χ2v) is 7.55. The number of halogens is 2. The molecule has 5 rings (SSSR count). The topological polar surface area (TPSA) is 47.6 Å². The van der Waals surface area contributed by atoms with Crippen molar-refractivity contribution in [1.82, 2.24) is 0 Å². The lowest BCUT2D eigenvalue weighted by Gasteiger charge is -2.34. The molecule has 2 aliphatic heterocycles. The second kappa shape index (κ2) is 5.84. The number of hydrogen-bond donors (Lipinski definition) is 1. The van der Waals surface area contributed by atoms with Gasteiger partial charge in [-0.2, -0.15) is 0 Å². The van der Waals surface area contributed by atoms with E-state index in [1.165, 1.54) is 6.07 Å². The molecule has 132 valence electrons. The minimum Gasteiger partial charge on any atom is -0.454 e. The summed E-state index contributed by atoms with van der Waals surface area (Å²) < 4.78 is 25.2.